The second-order valence-electron chi connectivity index (χ2n) is 2.02. The number of thiophene rings is 1. The Morgan fingerprint density at radius 1 is 1.40 bits per heavy atom. The highest BCUT2D eigenvalue weighted by Crippen LogP contribution is 2.20. The van der Waals surface area contributed by atoms with Gasteiger partial charge in [0, 0.05) is 16.2 Å². The van der Waals surface area contributed by atoms with Gasteiger partial charge < -0.3 is 0 Å². The van der Waals surface area contributed by atoms with E-state index in [1.54, 1.807) is 17.4 Å². The molecule has 0 nitrogen and oxygen atoms in total. The summed E-state index contributed by atoms with van der Waals surface area (Å²) in [6.45, 7) is 0. The predicted octanol–water partition coefficient (Wildman–Crippen LogP) is 2.84. The molecule has 49 valence electrons. The molecule has 10 heavy (non-hydrogen) atoms. The van der Waals surface area contributed by atoms with E-state index in [4.69, 9.17) is 0 Å². The average Bonchev–Trinajstić information content (AvgIpc) is 2.33. The Balaban J connectivity index is 2.86. The third kappa shape index (κ3) is 0.809. The number of halogens is 1. The van der Waals surface area contributed by atoms with Gasteiger partial charge in [0.25, 0.3) is 0 Å². The molecule has 0 atom stereocenters. The van der Waals surface area contributed by atoms with Gasteiger partial charge in [-0.15, -0.1) is 11.3 Å². The smallest absolute Gasteiger partial charge is 0.123 e. The molecule has 2 aromatic rings. The number of rotatable bonds is 0. The fourth-order valence-electron chi connectivity index (χ4n) is 0.874. The summed E-state index contributed by atoms with van der Waals surface area (Å²) >= 11 is 1.57. The van der Waals surface area contributed by atoms with Crippen LogP contribution in [0.5, 0.6) is 0 Å². The van der Waals surface area contributed by atoms with Gasteiger partial charge in [0.05, 0.1) is 0 Å². The van der Waals surface area contributed by atoms with Gasteiger partial charge >= 0.3 is 0 Å². The summed E-state index contributed by atoms with van der Waals surface area (Å²) in [7, 11) is 0. The first-order valence-corrected chi connectivity index (χ1v) is 3.79. The lowest BCUT2D eigenvalue weighted by atomic mass is 10.3. The zero-order valence-corrected chi connectivity index (χ0v) is 5.91. The summed E-state index contributed by atoms with van der Waals surface area (Å²) in [6, 6.07) is 7.67. The van der Waals surface area contributed by atoms with Gasteiger partial charge in [-0.25, -0.2) is 4.39 Å². The summed E-state index contributed by atoms with van der Waals surface area (Å²) in [5.41, 5.74) is 0. The van der Waals surface area contributed by atoms with Gasteiger partial charge in [-0.2, -0.15) is 0 Å². The molecule has 0 N–H and O–H groups in total. The van der Waals surface area contributed by atoms with Crippen molar-refractivity contribution in [2.45, 2.75) is 0 Å². The van der Waals surface area contributed by atoms with Crippen LogP contribution < -0.4 is 0 Å². The molecule has 1 aromatic heterocycles. The second-order valence-corrected chi connectivity index (χ2v) is 2.93. The average molecular weight is 151 g/mol. The largest absolute Gasteiger partial charge is 0.207 e. The standard InChI is InChI=1S/C8H4FS/c9-7-1-2-8-6(5-7)3-4-10-8/h1-2,4-5H. The molecule has 0 amide bonds. The highest BCUT2D eigenvalue weighted by atomic mass is 32.1. The molecule has 0 saturated heterocycles. The van der Waals surface area contributed by atoms with Crippen LogP contribution in [0, 0.1) is 11.9 Å². The first-order chi connectivity index (χ1) is 4.86. The Morgan fingerprint density at radius 3 is 3.20 bits per heavy atom. The molecular formula is C8H4FS. The van der Waals surface area contributed by atoms with Crippen molar-refractivity contribution >= 4 is 21.4 Å². The Labute approximate surface area is 61.9 Å². The van der Waals surface area contributed by atoms with Crippen LogP contribution in [0.15, 0.2) is 23.6 Å². The van der Waals surface area contributed by atoms with E-state index in [1.165, 1.54) is 12.1 Å². The number of hydrogen-bond acceptors (Lipinski definition) is 1. The summed E-state index contributed by atoms with van der Waals surface area (Å²) in [5.74, 6) is -0.192. The Kier molecular flexibility index (Phi) is 1.21. The molecule has 0 aliphatic heterocycles. The molecule has 0 aliphatic carbocycles. The second kappa shape index (κ2) is 2.06. The topological polar surface area (TPSA) is 0 Å². The van der Waals surface area contributed by atoms with Crippen LogP contribution in [0.1, 0.15) is 0 Å². The van der Waals surface area contributed by atoms with Gasteiger partial charge in [-0.3, -0.25) is 0 Å². The van der Waals surface area contributed by atoms with Crippen LogP contribution in [-0.4, -0.2) is 0 Å². The molecule has 0 fully saturated rings. The lowest BCUT2D eigenvalue weighted by molar-refractivity contribution is 0.630. The first kappa shape index (κ1) is 5.86. The Bertz CT molecular complexity index is 351. The summed E-state index contributed by atoms with van der Waals surface area (Å²) < 4.78 is 13.6. The van der Waals surface area contributed by atoms with Crippen molar-refractivity contribution in [2.75, 3.05) is 0 Å². The van der Waals surface area contributed by atoms with Crippen molar-refractivity contribution in [1.82, 2.24) is 0 Å². The predicted molar refractivity (Wildman–Crippen MR) is 40.6 cm³/mol. The van der Waals surface area contributed by atoms with Crippen LogP contribution in [0.25, 0.3) is 10.1 Å². The summed E-state index contributed by atoms with van der Waals surface area (Å²) in [4.78, 5) is 0. The SMILES string of the molecule is Fc1ccc2sc[c]c2c1. The molecule has 0 unspecified atom stereocenters. The van der Waals surface area contributed by atoms with E-state index in [9.17, 15) is 4.39 Å². The number of fused-ring (bicyclic) bond motifs is 1. The Hall–Kier alpha value is -0.890. The zero-order chi connectivity index (χ0) is 6.97. The van der Waals surface area contributed by atoms with Crippen molar-refractivity contribution in [3.05, 3.63) is 35.5 Å². The van der Waals surface area contributed by atoms with Gasteiger partial charge in [-0.05, 0) is 23.6 Å². The molecule has 2 heteroatoms. The quantitative estimate of drug-likeness (QED) is 0.543. The molecule has 1 heterocycles. The van der Waals surface area contributed by atoms with E-state index < -0.39 is 0 Å². The molecule has 2 rings (SSSR count). The lowest BCUT2D eigenvalue weighted by Crippen LogP contribution is -1.68. The van der Waals surface area contributed by atoms with Gasteiger partial charge in [0.15, 0.2) is 0 Å². The zero-order valence-electron chi connectivity index (χ0n) is 5.10. The first-order valence-electron chi connectivity index (χ1n) is 2.91. The van der Waals surface area contributed by atoms with Gasteiger partial charge in [0.2, 0.25) is 0 Å². The lowest BCUT2D eigenvalue weighted by Gasteiger charge is -1.86. The fourth-order valence-corrected chi connectivity index (χ4v) is 1.58. The van der Waals surface area contributed by atoms with E-state index in [2.05, 4.69) is 6.07 Å². The van der Waals surface area contributed by atoms with E-state index in [-0.39, 0.29) is 5.82 Å². The van der Waals surface area contributed by atoms with Crippen molar-refractivity contribution in [2.24, 2.45) is 0 Å². The normalized spacial score (nSPS) is 10.5. The van der Waals surface area contributed by atoms with E-state index >= 15 is 0 Å². The highest BCUT2D eigenvalue weighted by Gasteiger charge is 1.94. The molecule has 0 bridgehead atoms. The molecule has 1 radical (unpaired) electrons. The summed E-state index contributed by atoms with van der Waals surface area (Å²) in [6.07, 6.45) is 0. The Morgan fingerprint density at radius 2 is 2.30 bits per heavy atom. The van der Waals surface area contributed by atoms with Crippen LogP contribution in [0.2, 0.25) is 0 Å². The van der Waals surface area contributed by atoms with Gasteiger partial charge in [-0.1, -0.05) is 0 Å². The van der Waals surface area contributed by atoms with Crippen LogP contribution >= 0.6 is 11.3 Å². The molecule has 0 aliphatic rings. The van der Waals surface area contributed by atoms with Gasteiger partial charge in [0.1, 0.15) is 5.82 Å². The molecule has 0 saturated carbocycles. The number of hydrogen-bond donors (Lipinski definition) is 0. The maximum absolute atomic E-state index is 12.5. The van der Waals surface area contributed by atoms with Crippen molar-refractivity contribution in [3.63, 3.8) is 0 Å². The van der Waals surface area contributed by atoms with Crippen LogP contribution in [0.4, 0.5) is 4.39 Å². The minimum absolute atomic E-state index is 0.192. The van der Waals surface area contributed by atoms with Crippen LogP contribution in [-0.2, 0) is 0 Å². The van der Waals surface area contributed by atoms with Crippen molar-refractivity contribution in [3.8, 4) is 0 Å². The number of benzene rings is 1. The maximum atomic E-state index is 12.5. The monoisotopic (exact) mass is 151 g/mol. The van der Waals surface area contributed by atoms with Crippen LogP contribution in [0.3, 0.4) is 0 Å². The molecule has 1 aromatic carbocycles. The highest BCUT2D eigenvalue weighted by molar-refractivity contribution is 7.17. The third-order valence-corrected chi connectivity index (χ3v) is 2.19. The summed E-state index contributed by atoms with van der Waals surface area (Å²) in [5, 5.41) is 2.70. The maximum Gasteiger partial charge on any atom is 0.123 e. The molecule has 0 spiro atoms. The fraction of sp³-hybridized carbons (Fsp3) is 0. The van der Waals surface area contributed by atoms with Crippen molar-refractivity contribution < 1.29 is 4.39 Å². The van der Waals surface area contributed by atoms with Crippen molar-refractivity contribution in [1.29, 1.82) is 0 Å². The minimum atomic E-state index is -0.192. The third-order valence-electron chi connectivity index (χ3n) is 1.34. The minimum Gasteiger partial charge on any atom is -0.207 e. The van der Waals surface area contributed by atoms with E-state index in [0.29, 0.717) is 0 Å². The molecular weight excluding hydrogens is 147 g/mol. The van der Waals surface area contributed by atoms with E-state index in [0.717, 1.165) is 10.1 Å². The van der Waals surface area contributed by atoms with E-state index in [1.807, 2.05) is 5.38 Å².